The fourth-order valence-electron chi connectivity index (χ4n) is 16.3. The van der Waals surface area contributed by atoms with Crippen LogP contribution in [0.4, 0.5) is 19.8 Å². The molecule has 664 valence electrons. The number of ether oxygens (including phenoxy) is 6. The first-order valence-corrected chi connectivity index (χ1v) is 43.1. The third-order valence-corrected chi connectivity index (χ3v) is 23.7. The lowest BCUT2D eigenvalue weighted by Gasteiger charge is -2.41. The first-order valence-electron chi connectivity index (χ1n) is 43.1. The standard InChI is InChI=1S/C40H50N8O6.C30H39N5O3.C19H28FN3O6.C2H6/c1-23(2)33(45-39(51)53-5)37(49)47-19-7-9-31(47)35-41-21-29(43-35)27-15-11-25(12-16-27)26-13-17-28(18-14-26)30-22-42-36(44-30)32-10-8-20-48(32)38(50)34(24(3)4)46-40(52)54-6;1-6-23-14-21(15-24(7-2)32-23)12-13-30(22-10-8-9-11-22)17-26(36)25(28(37)38-30)16-27-33-29-31-19(4)18(3)20(5)35(29)34-27;1-9(2)15(24)27-8-12-13(29-16(25)10(3)4)19(6,20)17(28-12)23-7-11(5)14(21)22-18(23)26;1-2/h11-18,21-24,31-34H,7-10,19-20H2,1-6H3,(H,41,43)(H,42,44)(H,45,51)(H,46,52);14-15,22,36H,6-13,16-17H2,1-5H3;7,9-10,12-13,17H,8H2,1-6H3,(H2,21,22,26);1-2H3/t31-,32-,33-,34-;30-;12-,13-,17-,19-;/m011./s1. The minimum Gasteiger partial charge on any atom is -0.512 e. The second-order valence-electron chi connectivity index (χ2n) is 33.6. The van der Waals surface area contributed by atoms with Gasteiger partial charge in [0.2, 0.25) is 11.8 Å². The number of carbonyl (C=O) groups excluding carboxylic acids is 7. The topological polar surface area (TPSA) is 400 Å². The van der Waals surface area contributed by atoms with E-state index in [1.165, 1.54) is 32.9 Å². The van der Waals surface area contributed by atoms with Crippen molar-refractivity contribution < 1.29 is 71.5 Å². The van der Waals surface area contributed by atoms with Crippen LogP contribution in [0.3, 0.4) is 0 Å². The molecule has 0 bridgehead atoms. The number of aromatic nitrogens is 11. The van der Waals surface area contributed by atoms with Crippen LogP contribution in [0.5, 0.6) is 0 Å². The molecule has 2 aromatic carbocycles. The number of pyridine rings is 1. The molecule has 10 heterocycles. The number of fused-ring (bicyclic) bond motifs is 1. The van der Waals surface area contributed by atoms with Crippen molar-refractivity contribution in [2.24, 2.45) is 29.6 Å². The van der Waals surface area contributed by atoms with Crippen LogP contribution in [0.25, 0.3) is 39.4 Å². The molecule has 31 nitrogen and oxygen atoms in total. The van der Waals surface area contributed by atoms with E-state index in [1.54, 1.807) is 61.3 Å². The number of carbonyl (C=O) groups is 7. The molecule has 8 aromatic rings. The Labute approximate surface area is 718 Å². The van der Waals surface area contributed by atoms with Crippen molar-refractivity contribution in [1.29, 1.82) is 0 Å². The molecule has 3 saturated heterocycles. The number of hydrogen-bond acceptors (Lipinski definition) is 23. The Kier molecular flexibility index (Phi) is 31.4. The van der Waals surface area contributed by atoms with E-state index in [2.05, 4.69) is 101 Å². The van der Waals surface area contributed by atoms with Gasteiger partial charge in [-0.2, -0.15) is 9.97 Å². The lowest BCUT2D eigenvalue weighted by molar-refractivity contribution is -0.168. The van der Waals surface area contributed by atoms with Gasteiger partial charge in [0.15, 0.2) is 23.8 Å². The summed E-state index contributed by atoms with van der Waals surface area (Å²) in [7, 11) is 2.58. The fourth-order valence-corrected chi connectivity index (χ4v) is 16.3. The van der Waals surface area contributed by atoms with Gasteiger partial charge in [0, 0.05) is 60.5 Å². The maximum Gasteiger partial charge on any atom is 0.407 e. The maximum absolute atomic E-state index is 15.8. The molecule has 4 fully saturated rings. The fraction of sp³-hybridized carbons (Fsp3) is 0.549. The van der Waals surface area contributed by atoms with E-state index in [9.17, 15) is 43.5 Å². The van der Waals surface area contributed by atoms with Crippen LogP contribution in [0.1, 0.15) is 229 Å². The van der Waals surface area contributed by atoms with E-state index < -0.39 is 89.4 Å². The molecule has 0 radical (unpaired) electrons. The highest BCUT2D eigenvalue weighted by molar-refractivity contribution is 5.91. The van der Waals surface area contributed by atoms with Gasteiger partial charge >= 0.3 is 35.8 Å². The molecule has 1 aliphatic carbocycles. The van der Waals surface area contributed by atoms with Gasteiger partial charge < -0.3 is 69.7 Å². The SMILES string of the molecule is CC.CCc1cc(CC[C@]2(C3CCCC3)CC(O)=C(Cc3nc4nc(C)c(C)c(C)n4n3)C(=O)O2)cc(CC)n1.COC(=O)N[C@H](C(=O)N1CCC[C@H]1c1ncc(-c2ccc(-c3ccc(-c4cnc([C@@H]5CCCN5C(=O)[C@@H](NC(=O)OC)C(C)C)[nH]4)cc3)cc2)[nH]1)C(C)C.Cc1cn([C@@H]2O[C@H](COC(=O)C(C)C)[C@@H](OC(=O)C(C)C)[C@@]2(C)F)c(=O)nc1N. The Morgan fingerprint density at radius 1 is 0.691 bits per heavy atom. The zero-order valence-electron chi connectivity index (χ0n) is 74.5. The number of anilines is 1. The molecule has 32 heteroatoms. The Hall–Kier alpha value is -11.4. The molecule has 5 aliphatic rings. The molecule has 0 spiro atoms. The normalized spacial score (nSPS) is 20.7. The quantitative estimate of drug-likeness (QED) is 0.0229. The highest BCUT2D eigenvalue weighted by atomic mass is 19.1. The highest BCUT2D eigenvalue weighted by Crippen LogP contribution is 2.47. The van der Waals surface area contributed by atoms with E-state index in [-0.39, 0.29) is 71.8 Å². The van der Waals surface area contributed by atoms with Gasteiger partial charge in [0.1, 0.15) is 53.6 Å². The molecular weight excluding hydrogens is 1580 g/mol. The molecule has 1 saturated carbocycles. The number of nitrogens with two attached hydrogens (primary N) is 1. The molecule has 4 aliphatic heterocycles. The van der Waals surface area contributed by atoms with Gasteiger partial charge in [0.25, 0.3) is 5.78 Å². The average Bonchev–Trinajstić information content (AvgIpc) is 1.62. The number of amides is 4. The van der Waals surface area contributed by atoms with Crippen LogP contribution in [0.2, 0.25) is 0 Å². The second kappa shape index (κ2) is 41.2. The number of benzene rings is 2. The lowest BCUT2D eigenvalue weighted by atomic mass is 9.76. The van der Waals surface area contributed by atoms with Crippen molar-refractivity contribution in [3.8, 4) is 33.6 Å². The number of esters is 3. The Morgan fingerprint density at radius 2 is 1.20 bits per heavy atom. The average molecular weight is 1700 g/mol. The number of cyclic esters (lactones) is 1. The predicted molar refractivity (Wildman–Crippen MR) is 461 cm³/mol. The number of likely N-dealkylation sites (tertiary alicyclic amines) is 2. The zero-order chi connectivity index (χ0) is 89.6. The van der Waals surface area contributed by atoms with Crippen molar-refractivity contribution >= 4 is 53.5 Å². The number of nitrogens with one attached hydrogen (secondary N) is 4. The third kappa shape index (κ3) is 21.8. The van der Waals surface area contributed by atoms with Crippen LogP contribution in [-0.2, 0) is 78.1 Å². The number of alkyl carbamates (subject to hydrolysis) is 2. The summed E-state index contributed by atoms with van der Waals surface area (Å²) in [6.07, 6.45) is 11.0. The van der Waals surface area contributed by atoms with E-state index in [4.69, 9.17) is 39.1 Å². The van der Waals surface area contributed by atoms with Gasteiger partial charge in [-0.1, -0.05) is 144 Å². The number of aliphatic hydroxyl groups excluding tert-OH is 1. The summed E-state index contributed by atoms with van der Waals surface area (Å²) in [6.45, 7) is 31.9. The summed E-state index contributed by atoms with van der Waals surface area (Å²) in [5, 5.41) is 21.2. The Bertz CT molecular complexity index is 4980. The number of nitrogen functional groups attached to an aromatic ring is 1. The smallest absolute Gasteiger partial charge is 0.407 e. The van der Waals surface area contributed by atoms with Gasteiger partial charge in [-0.25, -0.2) is 43.0 Å². The lowest BCUT2D eigenvalue weighted by Crippen LogP contribution is -2.51. The van der Waals surface area contributed by atoms with Gasteiger partial charge in [-0.15, -0.1) is 5.10 Å². The van der Waals surface area contributed by atoms with Gasteiger partial charge in [0.05, 0.1) is 67.5 Å². The van der Waals surface area contributed by atoms with Crippen molar-refractivity contribution in [2.75, 3.05) is 39.6 Å². The van der Waals surface area contributed by atoms with Crippen LogP contribution in [-0.4, -0.2) is 180 Å². The number of aliphatic hydroxyl groups is 1. The molecular formula is C91H123FN16O15. The minimum absolute atomic E-state index is 0.0232. The van der Waals surface area contributed by atoms with Crippen molar-refractivity contribution in [1.82, 2.24) is 74.5 Å². The summed E-state index contributed by atoms with van der Waals surface area (Å²) in [4.78, 5) is 138. The van der Waals surface area contributed by atoms with Crippen molar-refractivity contribution in [2.45, 2.75) is 261 Å². The monoisotopic (exact) mass is 1700 g/mol. The molecule has 13 rings (SSSR count). The van der Waals surface area contributed by atoms with Gasteiger partial charge in [-0.3, -0.25) is 28.7 Å². The minimum atomic E-state index is -2.30. The number of aryl methyl sites for hydroxylation is 6. The summed E-state index contributed by atoms with van der Waals surface area (Å²) < 4.78 is 50.6. The number of H-pyrrole nitrogens is 2. The molecule has 123 heavy (non-hydrogen) atoms. The number of methoxy groups -OCH3 is 2. The van der Waals surface area contributed by atoms with Crippen LogP contribution < -0.4 is 22.1 Å². The summed E-state index contributed by atoms with van der Waals surface area (Å²) in [5.74, 6) is -0.202. The van der Waals surface area contributed by atoms with Crippen molar-refractivity contribution in [3.63, 3.8) is 0 Å². The first kappa shape index (κ1) is 93.8. The first-order chi connectivity index (χ1) is 58.6. The van der Waals surface area contributed by atoms with Crippen LogP contribution >= 0.6 is 0 Å². The number of nitrogens with zero attached hydrogens (tertiary/aromatic N) is 11. The van der Waals surface area contributed by atoms with E-state index in [0.717, 1.165) is 149 Å². The zero-order valence-corrected chi connectivity index (χ0v) is 74.5. The number of imidazole rings is 2. The van der Waals surface area contributed by atoms with Gasteiger partial charge in [-0.05, 0) is 162 Å². The largest absolute Gasteiger partial charge is 0.512 e. The summed E-state index contributed by atoms with van der Waals surface area (Å²) >= 11 is 0. The van der Waals surface area contributed by atoms with Crippen LogP contribution in [0.15, 0.2) is 95.4 Å². The molecule has 4 amide bonds. The molecule has 9 atom stereocenters. The highest BCUT2D eigenvalue weighted by Gasteiger charge is 2.59. The molecule has 0 unspecified atom stereocenters. The van der Waals surface area contributed by atoms with E-state index in [0.29, 0.717) is 43.1 Å². The molecule has 7 N–H and O–H groups in total. The van der Waals surface area contributed by atoms with Crippen molar-refractivity contribution in [3.05, 3.63) is 158 Å². The number of rotatable bonds is 25. The van der Waals surface area contributed by atoms with E-state index in [1.807, 2.05) is 86.6 Å². The Morgan fingerprint density at radius 3 is 1.67 bits per heavy atom. The number of hydrogen-bond donors (Lipinski definition) is 6. The number of aromatic amines is 2. The number of halogens is 1. The predicted octanol–water partition coefficient (Wildman–Crippen LogP) is 14.2. The van der Waals surface area contributed by atoms with Crippen LogP contribution in [0, 0.1) is 57.3 Å². The molecule has 6 aromatic heterocycles. The second-order valence-corrected chi connectivity index (χ2v) is 33.6. The number of alkyl halides is 1. The summed E-state index contributed by atoms with van der Waals surface area (Å²) in [6, 6.07) is 19.0. The maximum atomic E-state index is 15.8. The van der Waals surface area contributed by atoms with E-state index >= 15 is 4.39 Å². The Balaban J connectivity index is 0.000000201. The third-order valence-electron chi connectivity index (χ3n) is 23.7. The summed E-state index contributed by atoms with van der Waals surface area (Å²) in [5.41, 5.74) is 14.6.